The second-order valence-corrected chi connectivity index (χ2v) is 4.23. The molecule has 1 atom stereocenters. The summed E-state index contributed by atoms with van der Waals surface area (Å²) in [7, 11) is 1.62. The van der Waals surface area contributed by atoms with E-state index < -0.39 is 6.10 Å². The molecule has 88 valence electrons. The van der Waals surface area contributed by atoms with Gasteiger partial charge in [-0.2, -0.15) is 0 Å². The first-order chi connectivity index (χ1) is 7.72. The fourth-order valence-corrected chi connectivity index (χ4v) is 1.80. The van der Waals surface area contributed by atoms with E-state index in [1.54, 1.807) is 14.0 Å². The van der Waals surface area contributed by atoms with Crippen LogP contribution in [-0.2, 0) is 0 Å². The predicted molar refractivity (Wildman–Crippen MR) is 61.9 cm³/mol. The van der Waals surface area contributed by atoms with Crippen LogP contribution in [-0.4, -0.2) is 18.3 Å². The molecule has 3 heteroatoms. The van der Waals surface area contributed by atoms with E-state index in [1.165, 1.54) is 6.42 Å². The lowest BCUT2D eigenvalue weighted by atomic mass is 9.96. The van der Waals surface area contributed by atoms with Crippen LogP contribution >= 0.6 is 0 Å². The summed E-state index contributed by atoms with van der Waals surface area (Å²) < 4.78 is 11.1. The Balaban J connectivity index is 2.28. The molecule has 16 heavy (non-hydrogen) atoms. The SMILES string of the molecule is COc1cccc(C(C)O)c1OC1CCC1. The quantitative estimate of drug-likeness (QED) is 0.851. The third kappa shape index (κ3) is 2.14. The highest BCUT2D eigenvalue weighted by molar-refractivity contribution is 5.47. The van der Waals surface area contributed by atoms with Crippen molar-refractivity contribution in [2.75, 3.05) is 7.11 Å². The number of aliphatic hydroxyl groups is 1. The Kier molecular flexibility index (Phi) is 3.34. The van der Waals surface area contributed by atoms with Gasteiger partial charge in [0, 0.05) is 5.56 Å². The molecule has 1 N–H and O–H groups in total. The largest absolute Gasteiger partial charge is 0.493 e. The molecule has 2 rings (SSSR count). The number of hydrogen-bond donors (Lipinski definition) is 1. The van der Waals surface area contributed by atoms with Gasteiger partial charge in [-0.25, -0.2) is 0 Å². The van der Waals surface area contributed by atoms with Crippen LogP contribution in [0.4, 0.5) is 0 Å². The standard InChI is InChI=1S/C13H18O3/c1-9(14)11-7-4-8-12(15-2)13(11)16-10-5-3-6-10/h4,7-10,14H,3,5-6H2,1-2H3. The zero-order valence-corrected chi connectivity index (χ0v) is 9.77. The fraction of sp³-hybridized carbons (Fsp3) is 0.538. The molecule has 0 aliphatic heterocycles. The van der Waals surface area contributed by atoms with Crippen LogP contribution in [0.2, 0.25) is 0 Å². The summed E-state index contributed by atoms with van der Waals surface area (Å²) in [6.45, 7) is 1.74. The summed E-state index contributed by atoms with van der Waals surface area (Å²) in [6.07, 6.45) is 3.16. The maximum Gasteiger partial charge on any atom is 0.167 e. The van der Waals surface area contributed by atoms with E-state index in [9.17, 15) is 5.11 Å². The molecule has 1 aliphatic rings. The van der Waals surface area contributed by atoms with Crippen molar-refractivity contribution in [3.8, 4) is 11.5 Å². The van der Waals surface area contributed by atoms with Crippen LogP contribution in [0.1, 0.15) is 37.9 Å². The summed E-state index contributed by atoms with van der Waals surface area (Å²) in [6, 6.07) is 5.61. The van der Waals surface area contributed by atoms with E-state index in [-0.39, 0.29) is 6.10 Å². The zero-order valence-electron chi connectivity index (χ0n) is 9.77. The maximum absolute atomic E-state index is 9.69. The molecule has 1 aliphatic carbocycles. The van der Waals surface area contributed by atoms with Crippen molar-refractivity contribution in [3.05, 3.63) is 23.8 Å². The summed E-state index contributed by atoms with van der Waals surface area (Å²) in [5.74, 6) is 1.40. The van der Waals surface area contributed by atoms with Crippen molar-refractivity contribution >= 4 is 0 Å². The van der Waals surface area contributed by atoms with Crippen molar-refractivity contribution in [1.82, 2.24) is 0 Å². The van der Waals surface area contributed by atoms with E-state index in [1.807, 2.05) is 18.2 Å². The Morgan fingerprint density at radius 1 is 1.38 bits per heavy atom. The minimum atomic E-state index is -0.537. The maximum atomic E-state index is 9.69. The number of ether oxygens (including phenoxy) is 2. The highest BCUT2D eigenvalue weighted by Crippen LogP contribution is 2.37. The van der Waals surface area contributed by atoms with E-state index in [4.69, 9.17) is 9.47 Å². The Hall–Kier alpha value is -1.22. The molecule has 1 aromatic carbocycles. The minimum absolute atomic E-state index is 0.286. The molecule has 3 nitrogen and oxygen atoms in total. The first kappa shape index (κ1) is 11.3. The first-order valence-electron chi connectivity index (χ1n) is 5.74. The van der Waals surface area contributed by atoms with Crippen LogP contribution in [0.15, 0.2) is 18.2 Å². The molecular weight excluding hydrogens is 204 g/mol. The Bertz CT molecular complexity index is 356. The third-order valence-electron chi connectivity index (χ3n) is 3.02. The lowest BCUT2D eigenvalue weighted by Crippen LogP contribution is -2.25. The summed E-state index contributed by atoms with van der Waals surface area (Å²) in [4.78, 5) is 0. The summed E-state index contributed by atoms with van der Waals surface area (Å²) in [5.41, 5.74) is 0.797. The van der Waals surface area contributed by atoms with Gasteiger partial charge in [0.1, 0.15) is 0 Å². The van der Waals surface area contributed by atoms with Gasteiger partial charge < -0.3 is 14.6 Å². The molecule has 0 amide bonds. The van der Waals surface area contributed by atoms with E-state index in [0.29, 0.717) is 11.5 Å². The smallest absolute Gasteiger partial charge is 0.167 e. The summed E-state index contributed by atoms with van der Waals surface area (Å²) >= 11 is 0. The van der Waals surface area contributed by atoms with Gasteiger partial charge in [0.25, 0.3) is 0 Å². The molecule has 1 saturated carbocycles. The Morgan fingerprint density at radius 2 is 2.12 bits per heavy atom. The van der Waals surface area contributed by atoms with Crippen molar-refractivity contribution < 1.29 is 14.6 Å². The van der Waals surface area contributed by atoms with Crippen molar-refractivity contribution in [3.63, 3.8) is 0 Å². The second kappa shape index (κ2) is 4.74. The molecular formula is C13H18O3. The average Bonchev–Trinajstić information content (AvgIpc) is 2.22. The Morgan fingerprint density at radius 3 is 2.62 bits per heavy atom. The van der Waals surface area contributed by atoms with Gasteiger partial charge in [-0.05, 0) is 32.3 Å². The van der Waals surface area contributed by atoms with E-state index >= 15 is 0 Å². The second-order valence-electron chi connectivity index (χ2n) is 4.23. The van der Waals surface area contributed by atoms with Gasteiger partial charge in [0.15, 0.2) is 11.5 Å². The topological polar surface area (TPSA) is 38.7 Å². The highest BCUT2D eigenvalue weighted by atomic mass is 16.5. The van der Waals surface area contributed by atoms with Crippen LogP contribution in [0, 0.1) is 0 Å². The van der Waals surface area contributed by atoms with E-state index in [2.05, 4.69) is 0 Å². The number of aliphatic hydroxyl groups excluding tert-OH is 1. The minimum Gasteiger partial charge on any atom is -0.493 e. The van der Waals surface area contributed by atoms with Crippen LogP contribution < -0.4 is 9.47 Å². The van der Waals surface area contributed by atoms with Gasteiger partial charge >= 0.3 is 0 Å². The number of methoxy groups -OCH3 is 1. The molecule has 0 bridgehead atoms. The molecule has 1 aromatic rings. The highest BCUT2D eigenvalue weighted by Gasteiger charge is 2.23. The molecule has 0 radical (unpaired) electrons. The lowest BCUT2D eigenvalue weighted by Gasteiger charge is -2.28. The van der Waals surface area contributed by atoms with Crippen molar-refractivity contribution in [2.45, 2.75) is 38.4 Å². The fourth-order valence-electron chi connectivity index (χ4n) is 1.80. The number of para-hydroxylation sites is 1. The van der Waals surface area contributed by atoms with Crippen molar-refractivity contribution in [1.29, 1.82) is 0 Å². The average molecular weight is 222 g/mol. The van der Waals surface area contributed by atoms with Gasteiger partial charge in [-0.15, -0.1) is 0 Å². The molecule has 0 aromatic heterocycles. The van der Waals surface area contributed by atoms with Crippen LogP contribution in [0.5, 0.6) is 11.5 Å². The summed E-state index contributed by atoms with van der Waals surface area (Å²) in [5, 5.41) is 9.69. The number of rotatable bonds is 4. The van der Waals surface area contributed by atoms with Gasteiger partial charge in [-0.3, -0.25) is 0 Å². The van der Waals surface area contributed by atoms with Crippen LogP contribution in [0.25, 0.3) is 0 Å². The van der Waals surface area contributed by atoms with Gasteiger partial charge in [0.2, 0.25) is 0 Å². The zero-order chi connectivity index (χ0) is 11.5. The predicted octanol–water partition coefficient (Wildman–Crippen LogP) is 2.68. The third-order valence-corrected chi connectivity index (χ3v) is 3.02. The van der Waals surface area contributed by atoms with Crippen molar-refractivity contribution in [2.24, 2.45) is 0 Å². The molecule has 1 unspecified atom stereocenters. The number of hydrogen-bond acceptors (Lipinski definition) is 3. The molecule has 1 fully saturated rings. The van der Waals surface area contributed by atoms with E-state index in [0.717, 1.165) is 18.4 Å². The normalized spacial score (nSPS) is 17.7. The number of benzene rings is 1. The van der Waals surface area contributed by atoms with Gasteiger partial charge in [0.05, 0.1) is 19.3 Å². The molecule has 0 spiro atoms. The first-order valence-corrected chi connectivity index (χ1v) is 5.74. The molecule has 0 heterocycles. The molecule has 0 saturated heterocycles. The Labute approximate surface area is 96.0 Å². The van der Waals surface area contributed by atoms with Gasteiger partial charge in [-0.1, -0.05) is 12.1 Å². The lowest BCUT2D eigenvalue weighted by molar-refractivity contribution is 0.108. The monoisotopic (exact) mass is 222 g/mol. The van der Waals surface area contributed by atoms with Crippen LogP contribution in [0.3, 0.4) is 0 Å².